The molecular formula is C24H36N2O4. The molecule has 0 radical (unpaired) electrons. The van der Waals surface area contributed by atoms with Gasteiger partial charge in [0.1, 0.15) is 5.75 Å². The minimum atomic E-state index is -0.447. The van der Waals surface area contributed by atoms with E-state index in [1.165, 1.54) is 17.1 Å². The van der Waals surface area contributed by atoms with Crippen LogP contribution in [0.5, 0.6) is 5.75 Å². The number of carbonyl (C=O) groups excluding carboxylic acids is 2. The minimum Gasteiger partial charge on any atom is -0.507 e. The van der Waals surface area contributed by atoms with Crippen LogP contribution in [-0.4, -0.2) is 46.7 Å². The lowest BCUT2D eigenvalue weighted by atomic mass is 9.78. The first kappa shape index (κ1) is 23.9. The third kappa shape index (κ3) is 4.86. The second-order valence-corrected chi connectivity index (χ2v) is 10.2. The number of amides is 3. The second-order valence-electron chi connectivity index (χ2n) is 10.2. The monoisotopic (exact) mass is 416 g/mol. The van der Waals surface area contributed by atoms with Crippen molar-refractivity contribution in [1.82, 2.24) is 9.96 Å². The van der Waals surface area contributed by atoms with Crippen molar-refractivity contribution >= 4 is 18.0 Å². The van der Waals surface area contributed by atoms with Gasteiger partial charge < -0.3 is 5.11 Å². The van der Waals surface area contributed by atoms with Crippen LogP contribution in [0.25, 0.3) is 6.08 Å². The number of nitrogens with zero attached hydrogens (tertiary/aromatic N) is 2. The maximum absolute atomic E-state index is 12.9. The fourth-order valence-corrected chi connectivity index (χ4v) is 3.64. The van der Waals surface area contributed by atoms with Crippen LogP contribution in [0.2, 0.25) is 0 Å². The molecule has 0 spiro atoms. The van der Waals surface area contributed by atoms with Gasteiger partial charge in [-0.1, -0.05) is 41.5 Å². The van der Waals surface area contributed by atoms with Crippen molar-refractivity contribution in [3.8, 4) is 5.75 Å². The Labute approximate surface area is 180 Å². The summed E-state index contributed by atoms with van der Waals surface area (Å²) >= 11 is 0. The molecule has 1 aliphatic heterocycles. The molecular weight excluding hydrogens is 380 g/mol. The molecule has 1 aromatic carbocycles. The average Bonchev–Trinajstić information content (AvgIpc) is 2.95. The number of urea groups is 1. The quantitative estimate of drug-likeness (QED) is 0.556. The molecule has 2 rings (SSSR count). The van der Waals surface area contributed by atoms with E-state index >= 15 is 0 Å². The normalized spacial score (nSPS) is 16.7. The molecule has 1 saturated heterocycles. The molecule has 30 heavy (non-hydrogen) atoms. The molecule has 0 aliphatic carbocycles. The molecule has 6 heteroatoms. The summed E-state index contributed by atoms with van der Waals surface area (Å²) in [5.74, 6) is 0.00441. The molecule has 6 nitrogen and oxygen atoms in total. The number of likely N-dealkylation sites (tertiary alicyclic amines) is 1. The zero-order valence-corrected chi connectivity index (χ0v) is 19.8. The summed E-state index contributed by atoms with van der Waals surface area (Å²) in [5, 5.41) is 12.1. The molecule has 3 amide bonds. The molecule has 1 aromatic rings. The Morgan fingerprint density at radius 3 is 2.03 bits per heavy atom. The lowest BCUT2D eigenvalue weighted by Crippen LogP contribution is -2.46. The lowest BCUT2D eigenvalue weighted by Gasteiger charge is -2.28. The van der Waals surface area contributed by atoms with Gasteiger partial charge in [-0.25, -0.2) is 9.86 Å². The fourth-order valence-electron chi connectivity index (χ4n) is 3.64. The summed E-state index contributed by atoms with van der Waals surface area (Å²) < 4.78 is 0. The summed E-state index contributed by atoms with van der Waals surface area (Å²) in [6, 6.07) is 3.25. The third-order valence-corrected chi connectivity index (χ3v) is 5.30. The van der Waals surface area contributed by atoms with Gasteiger partial charge >= 0.3 is 6.03 Å². The molecule has 0 atom stereocenters. The first-order valence-corrected chi connectivity index (χ1v) is 10.5. The van der Waals surface area contributed by atoms with Crippen molar-refractivity contribution < 1.29 is 19.5 Å². The van der Waals surface area contributed by atoms with E-state index in [4.69, 9.17) is 4.84 Å². The van der Waals surface area contributed by atoms with Crippen LogP contribution in [0.3, 0.4) is 0 Å². The van der Waals surface area contributed by atoms with E-state index in [0.717, 1.165) is 16.7 Å². The van der Waals surface area contributed by atoms with Crippen LogP contribution in [0, 0.1) is 0 Å². The highest BCUT2D eigenvalue weighted by molar-refractivity contribution is 6.08. The number of carbonyl (C=O) groups is 2. The lowest BCUT2D eigenvalue weighted by molar-refractivity contribution is -0.134. The van der Waals surface area contributed by atoms with Crippen LogP contribution < -0.4 is 0 Å². The van der Waals surface area contributed by atoms with Crippen molar-refractivity contribution in [2.45, 2.75) is 78.7 Å². The number of hydrogen-bond donors (Lipinski definition) is 1. The van der Waals surface area contributed by atoms with Crippen molar-refractivity contribution in [2.75, 3.05) is 13.7 Å². The number of imide groups is 1. The number of hydroxylamine groups is 2. The van der Waals surface area contributed by atoms with Gasteiger partial charge in [0.05, 0.1) is 13.2 Å². The molecule has 1 fully saturated rings. The Morgan fingerprint density at radius 1 is 1.13 bits per heavy atom. The topological polar surface area (TPSA) is 70.1 Å². The van der Waals surface area contributed by atoms with E-state index in [1.807, 2.05) is 32.1 Å². The Bertz CT molecular complexity index is 822. The first-order valence-electron chi connectivity index (χ1n) is 10.5. The molecule has 0 aromatic heterocycles. The number of benzene rings is 1. The predicted molar refractivity (Wildman–Crippen MR) is 119 cm³/mol. The molecule has 0 unspecified atom stereocenters. The van der Waals surface area contributed by atoms with E-state index < -0.39 is 6.03 Å². The van der Waals surface area contributed by atoms with Crippen LogP contribution in [0.1, 0.15) is 78.5 Å². The molecule has 166 valence electrons. The third-order valence-electron chi connectivity index (χ3n) is 5.30. The number of aromatic hydroxyl groups is 1. The minimum absolute atomic E-state index is 0.177. The van der Waals surface area contributed by atoms with Gasteiger partial charge in [0.25, 0.3) is 5.91 Å². The zero-order chi connectivity index (χ0) is 23.0. The van der Waals surface area contributed by atoms with Gasteiger partial charge in [-0.3, -0.25) is 14.5 Å². The summed E-state index contributed by atoms with van der Waals surface area (Å²) in [6.45, 7) is 16.3. The van der Waals surface area contributed by atoms with Gasteiger partial charge in [-0.05, 0) is 54.9 Å². The maximum atomic E-state index is 12.9. The van der Waals surface area contributed by atoms with E-state index in [-0.39, 0.29) is 22.8 Å². The van der Waals surface area contributed by atoms with Crippen LogP contribution in [0.15, 0.2) is 17.7 Å². The van der Waals surface area contributed by atoms with Gasteiger partial charge in [0.2, 0.25) is 0 Å². The summed E-state index contributed by atoms with van der Waals surface area (Å²) in [6.07, 6.45) is 2.32. The van der Waals surface area contributed by atoms with Gasteiger partial charge in [0, 0.05) is 23.2 Å². The van der Waals surface area contributed by atoms with Crippen LogP contribution in [-0.2, 0) is 20.5 Å². The first-order chi connectivity index (χ1) is 13.7. The van der Waals surface area contributed by atoms with Crippen molar-refractivity contribution in [3.05, 3.63) is 34.4 Å². The maximum Gasteiger partial charge on any atom is 0.351 e. The number of hydrogen-bond acceptors (Lipinski definition) is 4. The predicted octanol–water partition coefficient (Wildman–Crippen LogP) is 4.99. The van der Waals surface area contributed by atoms with E-state index in [1.54, 1.807) is 0 Å². The molecule has 1 aliphatic rings. The highest BCUT2D eigenvalue weighted by Gasteiger charge is 2.35. The fraction of sp³-hybridized carbons (Fsp3) is 0.583. The number of phenols is 1. The number of rotatable bonds is 3. The smallest absolute Gasteiger partial charge is 0.351 e. The second kappa shape index (κ2) is 8.42. The van der Waals surface area contributed by atoms with Gasteiger partial charge in [-0.2, -0.15) is 0 Å². The van der Waals surface area contributed by atoms with Gasteiger partial charge in [-0.15, -0.1) is 0 Å². The Morgan fingerprint density at radius 2 is 1.63 bits per heavy atom. The van der Waals surface area contributed by atoms with E-state index in [9.17, 15) is 14.7 Å². The highest BCUT2D eigenvalue weighted by Crippen LogP contribution is 2.40. The molecule has 1 heterocycles. The van der Waals surface area contributed by atoms with Gasteiger partial charge in [0.15, 0.2) is 0 Å². The van der Waals surface area contributed by atoms with Crippen LogP contribution in [0.4, 0.5) is 4.79 Å². The zero-order valence-electron chi connectivity index (χ0n) is 19.8. The van der Waals surface area contributed by atoms with Crippen LogP contribution >= 0.6 is 0 Å². The highest BCUT2D eigenvalue weighted by atomic mass is 16.7. The summed E-state index contributed by atoms with van der Waals surface area (Å²) in [5.41, 5.74) is 2.60. The van der Waals surface area contributed by atoms with Crippen molar-refractivity contribution in [1.29, 1.82) is 0 Å². The van der Waals surface area contributed by atoms with Crippen molar-refractivity contribution in [3.63, 3.8) is 0 Å². The largest absolute Gasteiger partial charge is 0.507 e. The molecule has 1 N–H and O–H groups in total. The molecule has 0 bridgehead atoms. The summed E-state index contributed by atoms with van der Waals surface area (Å²) in [4.78, 5) is 32.0. The molecule has 0 saturated carbocycles. The Hall–Kier alpha value is -2.34. The average molecular weight is 417 g/mol. The van der Waals surface area contributed by atoms with E-state index in [2.05, 4.69) is 41.5 Å². The summed E-state index contributed by atoms with van der Waals surface area (Å²) in [7, 11) is 1.42. The Balaban J connectivity index is 2.46. The standard InChI is InChI=1S/C24H36N2O4/c1-15(2)26(30-9)22(29)25-11-10-17(21(25)28)12-16-13-18(23(3,4)5)20(27)19(14-16)24(6,7)8/h12-15,27H,10-11H2,1-9H3/b17-12-. The number of phenolic OH excluding ortho intramolecular Hbond substituents is 1. The SMILES string of the molecule is CON(C(=O)N1CC/C(=C/c2cc(C(C)(C)C)c(O)c(C(C)(C)C)c2)C1=O)C(C)C. The Kier molecular flexibility index (Phi) is 6.72. The van der Waals surface area contributed by atoms with Crippen molar-refractivity contribution in [2.24, 2.45) is 0 Å². The van der Waals surface area contributed by atoms with E-state index in [0.29, 0.717) is 24.3 Å².